The number of anilines is 1. The summed E-state index contributed by atoms with van der Waals surface area (Å²) in [6.45, 7) is 0. The van der Waals surface area contributed by atoms with Crippen LogP contribution >= 0.6 is 0 Å². The molecule has 2 aromatic carbocycles. The van der Waals surface area contributed by atoms with Crippen LogP contribution < -0.4 is 5.32 Å². The predicted molar refractivity (Wildman–Crippen MR) is 125 cm³/mol. The fourth-order valence-corrected chi connectivity index (χ4v) is 3.86. The second-order valence-corrected chi connectivity index (χ2v) is 7.78. The van der Waals surface area contributed by atoms with Crippen molar-refractivity contribution in [2.75, 3.05) is 5.32 Å². The number of rotatable bonds is 5. The van der Waals surface area contributed by atoms with Crippen molar-refractivity contribution in [2.24, 2.45) is 0 Å². The minimum atomic E-state index is -4.59. The molecular formula is C26H17F3N6. The van der Waals surface area contributed by atoms with E-state index in [1.807, 2.05) is 36.4 Å². The zero-order chi connectivity index (χ0) is 24.4. The van der Waals surface area contributed by atoms with Gasteiger partial charge < -0.3 is 5.32 Å². The van der Waals surface area contributed by atoms with Crippen molar-refractivity contribution < 1.29 is 13.2 Å². The molecule has 0 aliphatic heterocycles. The average Bonchev–Trinajstić information content (AvgIpc) is 3.32. The number of nitriles is 1. The molecule has 0 fully saturated rings. The van der Waals surface area contributed by atoms with Gasteiger partial charge in [-0.2, -0.15) is 18.4 Å². The van der Waals surface area contributed by atoms with E-state index in [9.17, 15) is 18.4 Å². The van der Waals surface area contributed by atoms with Crippen molar-refractivity contribution in [1.82, 2.24) is 19.6 Å². The lowest BCUT2D eigenvalue weighted by Crippen LogP contribution is -2.28. The molecule has 6 nitrogen and oxygen atoms in total. The summed E-state index contributed by atoms with van der Waals surface area (Å²) in [6.07, 6.45) is -0.0722. The third-order valence-corrected chi connectivity index (χ3v) is 5.46. The predicted octanol–water partition coefficient (Wildman–Crippen LogP) is 6.05. The summed E-state index contributed by atoms with van der Waals surface area (Å²) >= 11 is 0. The van der Waals surface area contributed by atoms with Crippen LogP contribution in [0.2, 0.25) is 0 Å². The van der Waals surface area contributed by atoms with Gasteiger partial charge >= 0.3 is 6.18 Å². The lowest BCUT2D eigenvalue weighted by atomic mass is 10.1. The molecule has 5 rings (SSSR count). The number of nitrogens with one attached hydrogen (secondary N) is 1. The normalized spacial score (nSPS) is 12.3. The van der Waals surface area contributed by atoms with Gasteiger partial charge in [0, 0.05) is 29.7 Å². The van der Waals surface area contributed by atoms with Crippen LogP contribution in [0.25, 0.3) is 28.0 Å². The molecule has 3 aromatic heterocycles. The van der Waals surface area contributed by atoms with E-state index in [0.717, 1.165) is 5.56 Å². The van der Waals surface area contributed by atoms with Gasteiger partial charge in [0.05, 0.1) is 5.56 Å². The summed E-state index contributed by atoms with van der Waals surface area (Å²) in [5.41, 5.74) is 2.64. The Balaban J connectivity index is 1.72. The molecule has 0 bridgehead atoms. The number of benzene rings is 2. The number of aromatic nitrogens is 4. The molecule has 35 heavy (non-hydrogen) atoms. The van der Waals surface area contributed by atoms with Crippen LogP contribution in [0.15, 0.2) is 91.4 Å². The number of hydrogen-bond donors (Lipinski definition) is 1. The summed E-state index contributed by atoms with van der Waals surface area (Å²) in [7, 11) is 0. The summed E-state index contributed by atoms with van der Waals surface area (Å²) in [6, 6.07) is 20.2. The molecule has 0 amide bonds. The molecule has 0 radical (unpaired) electrons. The number of hydrogen-bond acceptors (Lipinski definition) is 5. The van der Waals surface area contributed by atoms with Gasteiger partial charge in [-0.25, -0.2) is 9.50 Å². The second kappa shape index (κ2) is 8.91. The monoisotopic (exact) mass is 470 g/mol. The topological polar surface area (TPSA) is 78.9 Å². The van der Waals surface area contributed by atoms with Crippen molar-refractivity contribution in [3.63, 3.8) is 0 Å². The minimum Gasteiger partial charge on any atom is -0.353 e. The van der Waals surface area contributed by atoms with Crippen molar-refractivity contribution >= 4 is 11.3 Å². The molecule has 0 saturated heterocycles. The Morgan fingerprint density at radius 1 is 0.914 bits per heavy atom. The van der Waals surface area contributed by atoms with Crippen LogP contribution in [0.4, 0.5) is 19.0 Å². The fraction of sp³-hybridized carbons (Fsp3) is 0.0769. The Morgan fingerprint density at radius 3 is 2.31 bits per heavy atom. The SMILES string of the molecule is N#Cc1cncc(-c2nc(NC(c3ccccc3)C(F)(F)F)c3c(-c4ccccc4)ccn3n2)c1. The number of nitrogens with zero attached hydrogens (tertiary/aromatic N) is 5. The molecule has 172 valence electrons. The Kier molecular flexibility index (Phi) is 5.63. The maximum Gasteiger partial charge on any atom is 0.412 e. The third kappa shape index (κ3) is 4.42. The first-order chi connectivity index (χ1) is 16.9. The number of halogens is 3. The molecule has 9 heteroatoms. The van der Waals surface area contributed by atoms with Gasteiger partial charge in [-0.05, 0) is 23.3 Å². The van der Waals surface area contributed by atoms with Gasteiger partial charge in [0.1, 0.15) is 17.6 Å². The molecule has 3 heterocycles. The van der Waals surface area contributed by atoms with Gasteiger partial charge in [-0.1, -0.05) is 60.7 Å². The molecule has 1 N–H and O–H groups in total. The van der Waals surface area contributed by atoms with Crippen LogP contribution in [0.3, 0.4) is 0 Å². The Morgan fingerprint density at radius 2 is 1.63 bits per heavy atom. The van der Waals surface area contributed by atoms with E-state index in [0.29, 0.717) is 16.6 Å². The first-order valence-electron chi connectivity index (χ1n) is 10.6. The zero-order valence-corrected chi connectivity index (χ0v) is 18.1. The maximum absolute atomic E-state index is 14.2. The van der Waals surface area contributed by atoms with Gasteiger partial charge in [0.25, 0.3) is 0 Å². The molecule has 5 aromatic rings. The van der Waals surface area contributed by atoms with Crippen LogP contribution in [0.1, 0.15) is 17.2 Å². The molecule has 0 aliphatic carbocycles. The van der Waals surface area contributed by atoms with Crippen molar-refractivity contribution in [1.29, 1.82) is 5.26 Å². The Hall–Kier alpha value is -4.71. The highest BCUT2D eigenvalue weighted by Gasteiger charge is 2.41. The average molecular weight is 470 g/mol. The van der Waals surface area contributed by atoms with Gasteiger partial charge in [-0.15, -0.1) is 5.10 Å². The smallest absolute Gasteiger partial charge is 0.353 e. The summed E-state index contributed by atoms with van der Waals surface area (Å²) in [5.74, 6) is 0.140. The van der Waals surface area contributed by atoms with E-state index >= 15 is 0 Å². The van der Waals surface area contributed by atoms with E-state index in [1.165, 1.54) is 35.1 Å². The molecule has 1 unspecified atom stereocenters. The van der Waals surface area contributed by atoms with Crippen LogP contribution in [0.5, 0.6) is 0 Å². The van der Waals surface area contributed by atoms with Crippen molar-refractivity contribution in [3.8, 4) is 28.6 Å². The minimum absolute atomic E-state index is 0.00684. The highest BCUT2D eigenvalue weighted by atomic mass is 19.4. The maximum atomic E-state index is 14.2. The second-order valence-electron chi connectivity index (χ2n) is 7.78. The van der Waals surface area contributed by atoms with Gasteiger partial charge in [0.15, 0.2) is 11.6 Å². The van der Waals surface area contributed by atoms with Crippen molar-refractivity contribution in [3.05, 3.63) is 103 Å². The van der Waals surface area contributed by atoms with Crippen molar-refractivity contribution in [2.45, 2.75) is 12.2 Å². The first-order valence-corrected chi connectivity index (χ1v) is 10.6. The van der Waals surface area contributed by atoms with E-state index in [-0.39, 0.29) is 22.8 Å². The highest BCUT2D eigenvalue weighted by Crippen LogP contribution is 2.38. The standard InChI is InChI=1S/C26H17F3N6/c27-26(28,29)23(19-9-5-2-6-10-19)32-25-22-21(18-7-3-1-4-8-18)11-12-35(22)34-24(33-25)20-13-17(14-30)15-31-16-20/h1-13,15-16,23H,(H,32,33,34). The number of pyridine rings is 1. The summed E-state index contributed by atoms with van der Waals surface area (Å²) in [4.78, 5) is 8.52. The molecule has 0 saturated carbocycles. The number of alkyl halides is 3. The fourth-order valence-electron chi connectivity index (χ4n) is 3.86. The van der Waals surface area contributed by atoms with E-state index < -0.39 is 12.2 Å². The zero-order valence-electron chi connectivity index (χ0n) is 18.1. The summed E-state index contributed by atoms with van der Waals surface area (Å²) < 4.78 is 44.1. The van der Waals surface area contributed by atoms with E-state index in [1.54, 1.807) is 30.5 Å². The molecule has 1 atom stereocenters. The lowest BCUT2D eigenvalue weighted by Gasteiger charge is -2.23. The quantitative estimate of drug-likeness (QED) is 0.339. The largest absolute Gasteiger partial charge is 0.412 e. The highest BCUT2D eigenvalue weighted by molar-refractivity contribution is 5.89. The van der Waals surface area contributed by atoms with Gasteiger partial charge in [0.2, 0.25) is 0 Å². The molecule has 0 aliphatic rings. The van der Waals surface area contributed by atoms with Crippen LogP contribution in [-0.2, 0) is 0 Å². The Labute approximate surface area is 198 Å². The van der Waals surface area contributed by atoms with E-state index in [4.69, 9.17) is 0 Å². The Bertz CT molecular complexity index is 1520. The lowest BCUT2D eigenvalue weighted by molar-refractivity contribution is -0.144. The number of fused-ring (bicyclic) bond motifs is 1. The third-order valence-electron chi connectivity index (χ3n) is 5.46. The molecule has 0 spiro atoms. The van der Waals surface area contributed by atoms with E-state index in [2.05, 4.69) is 20.4 Å². The summed E-state index contributed by atoms with van der Waals surface area (Å²) in [5, 5.41) is 16.4. The van der Waals surface area contributed by atoms with Gasteiger partial charge in [-0.3, -0.25) is 4.98 Å². The first kappa shape index (κ1) is 22.1. The molecular weight excluding hydrogens is 453 g/mol. The van der Waals surface area contributed by atoms with Crippen LogP contribution in [0, 0.1) is 11.3 Å². The van der Waals surface area contributed by atoms with Crippen LogP contribution in [-0.4, -0.2) is 25.8 Å².